The van der Waals surface area contributed by atoms with Crippen LogP contribution in [-0.4, -0.2) is 11.9 Å². The summed E-state index contributed by atoms with van der Waals surface area (Å²) >= 11 is 1.73. The minimum absolute atomic E-state index is 0.0379. The summed E-state index contributed by atoms with van der Waals surface area (Å²) in [6.07, 6.45) is 2.57. The molecule has 3 aromatic rings. The van der Waals surface area contributed by atoms with Crippen LogP contribution in [0.25, 0.3) is 10.8 Å². The highest BCUT2D eigenvalue weighted by Crippen LogP contribution is 2.53. The Balaban J connectivity index is 1.96. The lowest BCUT2D eigenvalue weighted by molar-refractivity contribution is -0.131. The maximum Gasteiger partial charge on any atom is 0.338 e. The molecule has 0 N–H and O–H groups in total. The number of thioether (sulfide) groups is 1. The van der Waals surface area contributed by atoms with Crippen LogP contribution in [0.1, 0.15) is 43.1 Å². The molecule has 0 saturated carbocycles. The molecule has 0 saturated heterocycles. The van der Waals surface area contributed by atoms with Crippen molar-refractivity contribution >= 4 is 34.5 Å². The van der Waals surface area contributed by atoms with Gasteiger partial charge in [-0.1, -0.05) is 55.6 Å². The Bertz CT molecular complexity index is 1260. The van der Waals surface area contributed by atoms with Crippen LogP contribution in [-0.2, 0) is 16.0 Å². The number of hydrogen-bond acceptors (Lipinski definition) is 5. The topological polar surface area (TPSA) is 52.6 Å². The van der Waals surface area contributed by atoms with Crippen LogP contribution in [0.3, 0.4) is 0 Å². The number of carbonyl (C=O) groups excluding carboxylic acids is 2. The molecule has 0 aliphatic heterocycles. The maximum absolute atomic E-state index is 12.6. The predicted octanol–water partition coefficient (Wildman–Crippen LogP) is 6.97. The fraction of sp³-hybridized carbons (Fsp3) is 0.214. The van der Waals surface area contributed by atoms with Crippen LogP contribution in [0, 0.1) is 0 Å². The molecule has 0 fully saturated rings. The number of benzene rings is 3. The summed E-state index contributed by atoms with van der Waals surface area (Å²) in [6.45, 7) is 10.7. The van der Waals surface area contributed by atoms with Gasteiger partial charge in [0.15, 0.2) is 0 Å². The van der Waals surface area contributed by atoms with Gasteiger partial charge in [0, 0.05) is 43.2 Å². The average Bonchev–Trinajstić information content (AvgIpc) is 2.81. The van der Waals surface area contributed by atoms with Crippen LogP contribution < -0.4 is 9.47 Å². The highest BCUT2D eigenvalue weighted by Gasteiger charge is 2.32. The smallest absolute Gasteiger partial charge is 0.338 e. The summed E-state index contributed by atoms with van der Waals surface area (Å²) in [4.78, 5) is 26.3. The van der Waals surface area contributed by atoms with Crippen LogP contribution in [0.2, 0.25) is 0 Å². The quantitative estimate of drug-likeness (QED) is 0.227. The van der Waals surface area contributed by atoms with Crippen molar-refractivity contribution in [2.45, 2.75) is 43.3 Å². The van der Waals surface area contributed by atoms with Gasteiger partial charge in [-0.15, -0.1) is 11.8 Å². The van der Waals surface area contributed by atoms with Crippen molar-refractivity contribution in [3.8, 4) is 11.5 Å². The molecule has 4 rings (SSSR count). The second-order valence-electron chi connectivity index (χ2n) is 8.25. The Hall–Kier alpha value is -3.31. The molecule has 0 bridgehead atoms. The summed E-state index contributed by atoms with van der Waals surface area (Å²) in [5.41, 5.74) is 2.48. The Kier molecular flexibility index (Phi) is 6.70. The third-order valence-corrected chi connectivity index (χ3v) is 6.88. The van der Waals surface area contributed by atoms with E-state index in [-0.39, 0.29) is 5.25 Å². The molecular weight excluding hydrogens is 432 g/mol. The summed E-state index contributed by atoms with van der Waals surface area (Å²) in [5, 5.41) is 1.51. The molecule has 1 atom stereocenters. The van der Waals surface area contributed by atoms with Crippen LogP contribution in [0.5, 0.6) is 11.5 Å². The molecule has 4 nitrogen and oxygen atoms in total. The fourth-order valence-corrected chi connectivity index (χ4v) is 5.31. The summed E-state index contributed by atoms with van der Waals surface area (Å²) in [7, 11) is 0. The van der Waals surface area contributed by atoms with E-state index in [0.29, 0.717) is 22.6 Å². The minimum Gasteiger partial charge on any atom is -0.422 e. The molecule has 0 radical (unpaired) electrons. The van der Waals surface area contributed by atoms with Gasteiger partial charge in [0.25, 0.3) is 0 Å². The van der Waals surface area contributed by atoms with Gasteiger partial charge in [0.1, 0.15) is 11.5 Å². The molecule has 1 aliphatic carbocycles. The van der Waals surface area contributed by atoms with E-state index in [1.165, 1.54) is 0 Å². The van der Waals surface area contributed by atoms with E-state index in [1.54, 1.807) is 25.6 Å². The number of hydrogen-bond donors (Lipinski definition) is 0. The molecule has 33 heavy (non-hydrogen) atoms. The number of esters is 2. The lowest BCUT2D eigenvalue weighted by Crippen LogP contribution is -2.18. The molecule has 0 amide bonds. The van der Waals surface area contributed by atoms with Gasteiger partial charge in [0.2, 0.25) is 0 Å². The van der Waals surface area contributed by atoms with Gasteiger partial charge in [0.05, 0.1) is 0 Å². The normalized spacial score (nSPS) is 14.9. The van der Waals surface area contributed by atoms with Crippen molar-refractivity contribution < 1.29 is 19.1 Å². The van der Waals surface area contributed by atoms with Gasteiger partial charge in [-0.25, -0.2) is 9.59 Å². The Morgan fingerprint density at radius 3 is 2.00 bits per heavy atom. The van der Waals surface area contributed by atoms with Gasteiger partial charge < -0.3 is 9.47 Å². The summed E-state index contributed by atoms with van der Waals surface area (Å²) in [5.74, 6) is 0.119. The Labute approximate surface area is 198 Å². The molecule has 0 aromatic heterocycles. The van der Waals surface area contributed by atoms with Crippen molar-refractivity contribution in [3.05, 3.63) is 90.0 Å². The van der Waals surface area contributed by atoms with Crippen LogP contribution >= 0.6 is 11.8 Å². The van der Waals surface area contributed by atoms with E-state index in [1.807, 2.05) is 42.5 Å². The first-order chi connectivity index (χ1) is 15.9. The maximum atomic E-state index is 12.6. The zero-order valence-corrected chi connectivity index (χ0v) is 19.7. The molecule has 0 heterocycles. The molecule has 0 spiro atoms. The van der Waals surface area contributed by atoms with Gasteiger partial charge in [-0.3, -0.25) is 0 Å². The fourth-order valence-electron chi connectivity index (χ4n) is 4.01. The second-order valence-corrected chi connectivity index (χ2v) is 9.52. The largest absolute Gasteiger partial charge is 0.422 e. The lowest BCUT2D eigenvalue weighted by atomic mass is 9.86. The van der Waals surface area contributed by atoms with Crippen molar-refractivity contribution in [2.24, 2.45) is 0 Å². The number of fused-ring (bicyclic) bond motifs is 2. The molecule has 3 aromatic carbocycles. The lowest BCUT2D eigenvalue weighted by Gasteiger charge is -2.30. The van der Waals surface area contributed by atoms with Gasteiger partial charge >= 0.3 is 11.9 Å². The number of carbonyl (C=O) groups is 2. The molecule has 1 unspecified atom stereocenters. The van der Waals surface area contributed by atoms with Gasteiger partial charge in [-0.2, -0.15) is 0 Å². The van der Waals surface area contributed by atoms with E-state index < -0.39 is 11.9 Å². The monoisotopic (exact) mass is 458 g/mol. The SMILES string of the molecule is C=C(C)C(=O)Oc1c2c(c(OC(=O)C(=C)C)c3ccccc13)C(Sc1ccccc1)CCC2. The first-order valence-electron chi connectivity index (χ1n) is 10.9. The van der Waals surface area contributed by atoms with E-state index in [4.69, 9.17) is 9.47 Å². The van der Waals surface area contributed by atoms with Crippen molar-refractivity contribution in [2.75, 3.05) is 0 Å². The first-order valence-corrected chi connectivity index (χ1v) is 11.8. The third kappa shape index (κ3) is 4.74. The van der Waals surface area contributed by atoms with E-state index in [2.05, 4.69) is 25.3 Å². The van der Waals surface area contributed by atoms with Crippen LogP contribution in [0.4, 0.5) is 0 Å². The average molecular weight is 459 g/mol. The zero-order chi connectivity index (χ0) is 23.5. The van der Waals surface area contributed by atoms with E-state index >= 15 is 0 Å². The highest BCUT2D eigenvalue weighted by molar-refractivity contribution is 7.99. The second kappa shape index (κ2) is 9.67. The molecule has 5 heteroatoms. The minimum atomic E-state index is -0.469. The van der Waals surface area contributed by atoms with E-state index in [0.717, 1.165) is 46.1 Å². The zero-order valence-electron chi connectivity index (χ0n) is 18.9. The van der Waals surface area contributed by atoms with Gasteiger partial charge in [-0.05, 0) is 45.2 Å². The Morgan fingerprint density at radius 2 is 1.39 bits per heavy atom. The standard InChI is InChI=1S/C28H26O4S/c1-17(2)27(29)31-25-20-13-8-9-14-21(20)26(32-28(30)18(3)4)24-22(25)15-10-16-23(24)33-19-11-6-5-7-12-19/h5-9,11-14,23H,1,3,10,15-16H2,2,4H3. The third-order valence-electron chi connectivity index (χ3n) is 5.58. The van der Waals surface area contributed by atoms with Crippen LogP contribution in [0.15, 0.2) is 83.8 Å². The summed E-state index contributed by atoms with van der Waals surface area (Å²) in [6, 6.07) is 17.7. The first kappa shape index (κ1) is 22.9. The molecule has 1 aliphatic rings. The molecular formula is C28H26O4S. The van der Waals surface area contributed by atoms with E-state index in [9.17, 15) is 9.59 Å². The van der Waals surface area contributed by atoms with Crippen molar-refractivity contribution in [1.82, 2.24) is 0 Å². The Morgan fingerprint density at radius 1 is 0.848 bits per heavy atom. The predicted molar refractivity (Wildman–Crippen MR) is 133 cm³/mol. The van der Waals surface area contributed by atoms with Crippen molar-refractivity contribution in [1.29, 1.82) is 0 Å². The van der Waals surface area contributed by atoms with Crippen molar-refractivity contribution in [3.63, 3.8) is 0 Å². The summed E-state index contributed by atoms with van der Waals surface area (Å²) < 4.78 is 11.8. The number of rotatable bonds is 6. The highest BCUT2D eigenvalue weighted by atomic mass is 32.2. The number of ether oxygens (including phenoxy) is 2. The molecule has 168 valence electrons.